The highest BCUT2D eigenvalue weighted by Crippen LogP contribution is 2.35. The van der Waals surface area contributed by atoms with Crippen LogP contribution in [-0.4, -0.2) is 84.1 Å². The Bertz CT molecular complexity index is 1470. The van der Waals surface area contributed by atoms with Gasteiger partial charge in [-0.2, -0.15) is 4.98 Å². The van der Waals surface area contributed by atoms with Crippen LogP contribution in [0.5, 0.6) is 0 Å². The Hall–Kier alpha value is -4.25. The van der Waals surface area contributed by atoms with Crippen molar-refractivity contribution in [2.75, 3.05) is 66.3 Å². The first-order valence-electron chi connectivity index (χ1n) is 14.6. The average Bonchev–Trinajstić information content (AvgIpc) is 3.47. The minimum absolute atomic E-state index is 0.0676. The fraction of sp³-hybridized carbons (Fsp3) is 0.419. The van der Waals surface area contributed by atoms with E-state index in [-0.39, 0.29) is 30.3 Å². The zero-order valence-electron chi connectivity index (χ0n) is 24.4. The van der Waals surface area contributed by atoms with Crippen molar-refractivity contribution >= 4 is 40.8 Å². The molecule has 1 aromatic heterocycles. The van der Waals surface area contributed by atoms with Gasteiger partial charge in [0.15, 0.2) is 0 Å². The first kappa shape index (κ1) is 27.9. The minimum Gasteiger partial charge on any atom is -0.369 e. The quantitative estimate of drug-likeness (QED) is 0.469. The molecule has 42 heavy (non-hydrogen) atoms. The fourth-order valence-electron chi connectivity index (χ4n) is 6.06. The molecular formula is C31H37FN8O2. The Kier molecular flexibility index (Phi) is 7.68. The number of anilines is 5. The van der Waals surface area contributed by atoms with Gasteiger partial charge in [0.1, 0.15) is 11.6 Å². The number of rotatable bonds is 6. The van der Waals surface area contributed by atoms with E-state index in [9.17, 15) is 14.0 Å². The van der Waals surface area contributed by atoms with Gasteiger partial charge in [-0.1, -0.05) is 6.92 Å². The lowest BCUT2D eigenvalue weighted by Crippen LogP contribution is -2.53. The molecule has 10 nitrogen and oxygen atoms in total. The maximum atomic E-state index is 14.0. The number of aryl methyl sites for hydroxylation is 1. The molecule has 0 saturated carbocycles. The van der Waals surface area contributed by atoms with Gasteiger partial charge in [-0.05, 0) is 68.4 Å². The van der Waals surface area contributed by atoms with Gasteiger partial charge >= 0.3 is 6.03 Å². The van der Waals surface area contributed by atoms with Crippen molar-refractivity contribution in [2.24, 2.45) is 0 Å². The Morgan fingerprint density at radius 1 is 1.07 bits per heavy atom. The number of fused-ring (bicyclic) bond motifs is 1. The van der Waals surface area contributed by atoms with E-state index in [1.54, 1.807) is 33.0 Å². The normalized spacial score (nSPS) is 19.3. The smallest absolute Gasteiger partial charge is 0.330 e. The number of hydrogen-bond acceptors (Lipinski definition) is 7. The molecule has 3 amide bonds. The summed E-state index contributed by atoms with van der Waals surface area (Å²) in [5.41, 5.74) is 4.64. The number of nitrogens with zero attached hydrogens (tertiary/aromatic N) is 7. The van der Waals surface area contributed by atoms with Crippen LogP contribution in [0.15, 0.2) is 48.7 Å². The van der Waals surface area contributed by atoms with E-state index < -0.39 is 0 Å². The number of carbonyl (C=O) groups is 2. The topological polar surface area (TPSA) is 88.1 Å². The minimum atomic E-state index is -0.365. The van der Waals surface area contributed by atoms with E-state index in [4.69, 9.17) is 4.98 Å². The third-order valence-corrected chi connectivity index (χ3v) is 8.45. The third-order valence-electron chi connectivity index (χ3n) is 8.45. The lowest BCUT2D eigenvalue weighted by Gasteiger charge is -2.39. The van der Waals surface area contributed by atoms with Crippen LogP contribution in [0, 0.1) is 12.7 Å². The second kappa shape index (κ2) is 11.6. The number of halogens is 1. The van der Waals surface area contributed by atoms with Gasteiger partial charge in [0.25, 0.3) is 0 Å². The molecule has 4 heterocycles. The standard InChI is InChI=1S/C31H37FN8O2/c1-4-28(41)38-12-11-26(20-38)40-29-22(19-39(31(40)42)25-8-5-23(32)6-9-25)18-33-30(35-29)34-24-7-10-27(21(2)17-24)37-15-13-36(3)14-16-37/h5-10,17-18,26H,4,11-16,19-20H2,1-3H3,(H,33,34,35)/t26-/m0/s1. The van der Waals surface area contributed by atoms with E-state index in [1.807, 2.05) is 13.0 Å². The van der Waals surface area contributed by atoms with Crippen molar-refractivity contribution in [1.29, 1.82) is 0 Å². The average molecular weight is 573 g/mol. The van der Waals surface area contributed by atoms with Crippen molar-refractivity contribution in [3.8, 4) is 0 Å². The second-order valence-electron chi connectivity index (χ2n) is 11.3. The predicted molar refractivity (Wildman–Crippen MR) is 162 cm³/mol. The monoisotopic (exact) mass is 572 g/mol. The molecule has 2 saturated heterocycles. The van der Waals surface area contributed by atoms with Crippen LogP contribution in [0.4, 0.5) is 38.0 Å². The number of carbonyl (C=O) groups excluding carboxylic acids is 2. The number of likely N-dealkylation sites (tertiary alicyclic amines) is 1. The zero-order chi connectivity index (χ0) is 29.4. The van der Waals surface area contributed by atoms with E-state index in [1.165, 1.54) is 23.4 Å². The summed E-state index contributed by atoms with van der Waals surface area (Å²) in [5.74, 6) is 0.638. The summed E-state index contributed by atoms with van der Waals surface area (Å²) in [7, 11) is 2.15. The number of amides is 3. The lowest BCUT2D eigenvalue weighted by atomic mass is 10.1. The van der Waals surface area contributed by atoms with E-state index in [0.717, 1.165) is 37.4 Å². The molecule has 0 bridgehead atoms. The van der Waals surface area contributed by atoms with Gasteiger partial charge in [0, 0.05) is 74.5 Å². The zero-order valence-corrected chi connectivity index (χ0v) is 24.4. The number of aromatic nitrogens is 2. The molecule has 220 valence electrons. The molecule has 3 aromatic rings. The summed E-state index contributed by atoms with van der Waals surface area (Å²) >= 11 is 0. The van der Waals surface area contributed by atoms with Gasteiger partial charge in [0.2, 0.25) is 11.9 Å². The van der Waals surface area contributed by atoms with Crippen LogP contribution in [-0.2, 0) is 11.3 Å². The van der Waals surface area contributed by atoms with Crippen LogP contribution in [0.3, 0.4) is 0 Å². The SMILES string of the molecule is CCC(=O)N1CC[C@H](N2C(=O)N(c3ccc(F)cc3)Cc3cnc(Nc4ccc(N5CCN(C)CC5)c(C)c4)nc32)C1. The Morgan fingerprint density at radius 3 is 2.55 bits per heavy atom. The van der Waals surface area contributed by atoms with Crippen molar-refractivity contribution in [3.05, 3.63) is 65.6 Å². The summed E-state index contributed by atoms with van der Waals surface area (Å²) in [6.45, 7) is 9.33. The van der Waals surface area contributed by atoms with Crippen LogP contribution >= 0.6 is 0 Å². The number of hydrogen-bond donors (Lipinski definition) is 1. The molecule has 11 heteroatoms. The maximum Gasteiger partial charge on any atom is 0.330 e. The molecule has 1 atom stereocenters. The third kappa shape index (κ3) is 5.48. The van der Waals surface area contributed by atoms with Gasteiger partial charge in [-0.15, -0.1) is 0 Å². The van der Waals surface area contributed by atoms with Crippen molar-refractivity contribution in [3.63, 3.8) is 0 Å². The van der Waals surface area contributed by atoms with Crippen LogP contribution in [0.2, 0.25) is 0 Å². The summed E-state index contributed by atoms with van der Waals surface area (Å²) in [6.07, 6.45) is 2.81. The molecule has 0 spiro atoms. The first-order chi connectivity index (χ1) is 20.3. The highest BCUT2D eigenvalue weighted by Gasteiger charge is 2.41. The number of benzene rings is 2. The molecule has 0 aliphatic carbocycles. The molecule has 6 rings (SSSR count). The van der Waals surface area contributed by atoms with Crippen LogP contribution in [0.1, 0.15) is 30.9 Å². The highest BCUT2D eigenvalue weighted by molar-refractivity contribution is 6.06. The maximum absolute atomic E-state index is 14.0. The van der Waals surface area contributed by atoms with E-state index in [0.29, 0.717) is 43.4 Å². The van der Waals surface area contributed by atoms with E-state index >= 15 is 0 Å². The van der Waals surface area contributed by atoms with Gasteiger partial charge in [-0.25, -0.2) is 14.2 Å². The van der Waals surface area contributed by atoms with Crippen molar-refractivity contribution in [1.82, 2.24) is 19.8 Å². The van der Waals surface area contributed by atoms with Gasteiger partial charge < -0.3 is 20.0 Å². The Morgan fingerprint density at radius 2 is 1.83 bits per heavy atom. The fourth-order valence-corrected chi connectivity index (χ4v) is 6.06. The molecule has 3 aliphatic heterocycles. The number of nitrogens with one attached hydrogen (secondary N) is 1. The largest absolute Gasteiger partial charge is 0.369 e. The number of likely N-dealkylation sites (N-methyl/N-ethyl adjacent to an activating group) is 1. The molecule has 0 unspecified atom stereocenters. The van der Waals surface area contributed by atoms with E-state index in [2.05, 4.69) is 46.2 Å². The van der Waals surface area contributed by atoms with Crippen LogP contribution in [0.25, 0.3) is 0 Å². The second-order valence-corrected chi connectivity index (χ2v) is 11.3. The predicted octanol–water partition coefficient (Wildman–Crippen LogP) is 4.38. The molecule has 3 aliphatic rings. The van der Waals surface area contributed by atoms with Crippen molar-refractivity contribution in [2.45, 2.75) is 39.3 Å². The summed E-state index contributed by atoms with van der Waals surface area (Å²) in [6, 6.07) is 11.7. The molecule has 0 radical (unpaired) electrons. The Labute approximate surface area is 245 Å². The molecular weight excluding hydrogens is 535 g/mol. The summed E-state index contributed by atoms with van der Waals surface area (Å²) in [4.78, 5) is 45.8. The van der Waals surface area contributed by atoms with Crippen molar-refractivity contribution < 1.29 is 14.0 Å². The number of urea groups is 1. The summed E-state index contributed by atoms with van der Waals surface area (Å²) in [5, 5.41) is 3.34. The Balaban J connectivity index is 1.28. The highest BCUT2D eigenvalue weighted by atomic mass is 19.1. The summed E-state index contributed by atoms with van der Waals surface area (Å²) < 4.78 is 13.7. The molecule has 2 aromatic carbocycles. The molecule has 1 N–H and O–H groups in total. The first-order valence-corrected chi connectivity index (χ1v) is 14.6. The lowest BCUT2D eigenvalue weighted by molar-refractivity contribution is -0.129. The van der Waals surface area contributed by atoms with Gasteiger partial charge in [-0.3, -0.25) is 14.6 Å². The molecule has 2 fully saturated rings. The van der Waals surface area contributed by atoms with Crippen LogP contribution < -0.4 is 20.0 Å². The number of piperazine rings is 1. The van der Waals surface area contributed by atoms with Gasteiger partial charge in [0.05, 0.1) is 12.6 Å².